The molecule has 0 aliphatic carbocycles. The summed E-state index contributed by atoms with van der Waals surface area (Å²) in [6.45, 7) is 1.09. The Balaban J connectivity index is 1.50. The van der Waals surface area contributed by atoms with Crippen LogP contribution in [0.3, 0.4) is 0 Å². The van der Waals surface area contributed by atoms with Gasteiger partial charge in [-0.15, -0.1) is 0 Å². The molecule has 7 nitrogen and oxygen atoms in total. The number of fused-ring (bicyclic) bond motifs is 1. The van der Waals surface area contributed by atoms with Crippen LogP contribution in [-0.2, 0) is 16.6 Å². The van der Waals surface area contributed by atoms with Gasteiger partial charge in [0.25, 0.3) is 15.9 Å². The highest BCUT2D eigenvalue weighted by Crippen LogP contribution is 2.31. The topological polar surface area (TPSA) is 93.7 Å². The molecule has 0 aromatic heterocycles. The summed E-state index contributed by atoms with van der Waals surface area (Å²) in [6.07, 6.45) is 0. The van der Waals surface area contributed by atoms with Crippen LogP contribution in [0.25, 0.3) is 0 Å². The second-order valence-corrected chi connectivity index (χ2v) is 8.98. The van der Waals surface area contributed by atoms with Crippen LogP contribution in [0.5, 0.6) is 11.5 Å². The second kappa shape index (κ2) is 9.05. The number of anilines is 1. The van der Waals surface area contributed by atoms with Crippen molar-refractivity contribution in [1.82, 2.24) is 5.32 Å². The number of benzene rings is 3. The third-order valence-electron chi connectivity index (χ3n) is 4.67. The standard InChI is InChI=1S/C22H18ClFN2O5S/c23-17-7-6-15(32(28,29)26-19-4-2-1-3-18(19)24)12-16(17)22(27)25-13-14-5-8-20-21(11-14)31-10-9-30-20/h1-8,11-12,26H,9-10,13H2,(H,25,27). The van der Waals surface area contributed by atoms with Crippen LogP contribution in [0, 0.1) is 5.82 Å². The predicted molar refractivity (Wildman–Crippen MR) is 117 cm³/mol. The van der Waals surface area contributed by atoms with Crippen LogP contribution < -0.4 is 19.5 Å². The molecule has 2 N–H and O–H groups in total. The fraction of sp³-hybridized carbons (Fsp3) is 0.136. The Morgan fingerprint density at radius 1 is 1.00 bits per heavy atom. The summed E-state index contributed by atoms with van der Waals surface area (Å²) in [5, 5.41) is 2.78. The first-order valence-electron chi connectivity index (χ1n) is 9.57. The summed E-state index contributed by atoms with van der Waals surface area (Å²) in [4.78, 5) is 12.5. The van der Waals surface area contributed by atoms with Crippen molar-refractivity contribution in [1.29, 1.82) is 0 Å². The number of carbonyl (C=O) groups is 1. The van der Waals surface area contributed by atoms with Crippen molar-refractivity contribution in [2.24, 2.45) is 0 Å². The summed E-state index contributed by atoms with van der Waals surface area (Å²) < 4.78 is 52.4. The molecule has 0 radical (unpaired) electrons. The minimum atomic E-state index is -4.15. The van der Waals surface area contributed by atoms with E-state index in [1.807, 2.05) is 0 Å². The highest BCUT2D eigenvalue weighted by atomic mass is 35.5. The van der Waals surface area contributed by atoms with Gasteiger partial charge in [-0.05, 0) is 48.0 Å². The lowest BCUT2D eigenvalue weighted by Crippen LogP contribution is -2.24. The van der Waals surface area contributed by atoms with Gasteiger partial charge in [0.05, 0.1) is 21.2 Å². The third-order valence-corrected chi connectivity index (χ3v) is 6.36. The van der Waals surface area contributed by atoms with Crippen molar-refractivity contribution in [2.45, 2.75) is 11.4 Å². The van der Waals surface area contributed by atoms with Gasteiger partial charge in [0.15, 0.2) is 11.5 Å². The summed E-state index contributed by atoms with van der Waals surface area (Å²) in [5.41, 5.74) is 0.538. The van der Waals surface area contributed by atoms with E-state index in [1.54, 1.807) is 18.2 Å². The SMILES string of the molecule is O=C(NCc1ccc2c(c1)OCCO2)c1cc(S(=O)(=O)Nc2ccccc2F)ccc1Cl. The van der Waals surface area contributed by atoms with Gasteiger partial charge >= 0.3 is 0 Å². The van der Waals surface area contributed by atoms with E-state index in [0.29, 0.717) is 24.7 Å². The first kappa shape index (κ1) is 21.9. The summed E-state index contributed by atoms with van der Waals surface area (Å²) >= 11 is 6.13. The molecule has 0 spiro atoms. The lowest BCUT2D eigenvalue weighted by Gasteiger charge is -2.19. The molecule has 3 aromatic carbocycles. The van der Waals surface area contributed by atoms with Crippen LogP contribution in [0.4, 0.5) is 10.1 Å². The number of nitrogens with one attached hydrogen (secondary N) is 2. The first-order valence-corrected chi connectivity index (χ1v) is 11.4. The van der Waals surface area contributed by atoms with Crippen molar-refractivity contribution in [3.8, 4) is 11.5 Å². The monoisotopic (exact) mass is 476 g/mol. The van der Waals surface area contributed by atoms with E-state index in [-0.39, 0.29) is 27.7 Å². The Hall–Kier alpha value is -3.30. The molecule has 166 valence electrons. The van der Waals surface area contributed by atoms with Gasteiger partial charge in [0, 0.05) is 6.54 Å². The molecule has 0 fully saturated rings. The molecule has 0 bridgehead atoms. The molecule has 10 heteroatoms. The Labute approximate surface area is 189 Å². The van der Waals surface area contributed by atoms with Crippen LogP contribution in [0.2, 0.25) is 5.02 Å². The molecule has 3 aromatic rings. The van der Waals surface area contributed by atoms with Gasteiger partial charge in [-0.2, -0.15) is 0 Å². The second-order valence-electron chi connectivity index (χ2n) is 6.89. The maximum Gasteiger partial charge on any atom is 0.262 e. The van der Waals surface area contributed by atoms with E-state index in [2.05, 4.69) is 10.0 Å². The highest BCUT2D eigenvalue weighted by Gasteiger charge is 2.20. The molecule has 0 saturated heterocycles. The summed E-state index contributed by atoms with van der Waals surface area (Å²) in [6, 6.07) is 14.4. The molecule has 1 aliphatic heterocycles. The molecular weight excluding hydrogens is 459 g/mol. The minimum absolute atomic E-state index is 0.0272. The molecule has 1 aliphatic rings. The maximum atomic E-state index is 13.8. The van der Waals surface area contributed by atoms with Gasteiger partial charge in [-0.3, -0.25) is 9.52 Å². The van der Waals surface area contributed by atoms with Crippen LogP contribution in [0.1, 0.15) is 15.9 Å². The quantitative estimate of drug-likeness (QED) is 0.561. The maximum absolute atomic E-state index is 13.8. The zero-order valence-corrected chi connectivity index (χ0v) is 18.2. The number of hydrogen-bond donors (Lipinski definition) is 2. The number of amides is 1. The fourth-order valence-electron chi connectivity index (χ4n) is 3.07. The largest absolute Gasteiger partial charge is 0.486 e. The third kappa shape index (κ3) is 4.79. The molecule has 0 saturated carbocycles. The van der Waals surface area contributed by atoms with E-state index in [4.69, 9.17) is 21.1 Å². The number of carbonyl (C=O) groups excluding carboxylic acids is 1. The molecule has 1 heterocycles. The minimum Gasteiger partial charge on any atom is -0.486 e. The van der Waals surface area contributed by atoms with E-state index in [9.17, 15) is 17.6 Å². The van der Waals surface area contributed by atoms with Gasteiger partial charge < -0.3 is 14.8 Å². The van der Waals surface area contributed by atoms with E-state index in [1.165, 1.54) is 30.3 Å². The first-order chi connectivity index (χ1) is 15.3. The zero-order valence-electron chi connectivity index (χ0n) is 16.6. The van der Waals surface area contributed by atoms with Crippen molar-refractivity contribution in [2.75, 3.05) is 17.9 Å². The lowest BCUT2D eigenvalue weighted by atomic mass is 10.1. The number of sulfonamides is 1. The van der Waals surface area contributed by atoms with Crippen LogP contribution in [-0.4, -0.2) is 27.5 Å². The number of rotatable bonds is 6. The zero-order chi connectivity index (χ0) is 22.7. The van der Waals surface area contributed by atoms with E-state index in [0.717, 1.165) is 17.7 Å². The molecule has 32 heavy (non-hydrogen) atoms. The van der Waals surface area contributed by atoms with Crippen molar-refractivity contribution in [3.63, 3.8) is 0 Å². The predicted octanol–water partition coefficient (Wildman–Crippen LogP) is 3.98. The molecule has 0 atom stereocenters. The van der Waals surface area contributed by atoms with Gasteiger partial charge in [0.2, 0.25) is 0 Å². The van der Waals surface area contributed by atoms with Crippen molar-refractivity contribution in [3.05, 3.63) is 82.6 Å². The van der Waals surface area contributed by atoms with Gasteiger partial charge in [-0.1, -0.05) is 29.8 Å². The Kier molecular flexibility index (Phi) is 6.20. The van der Waals surface area contributed by atoms with Crippen LogP contribution in [0.15, 0.2) is 65.6 Å². The fourth-order valence-corrected chi connectivity index (χ4v) is 4.36. The number of ether oxygens (including phenoxy) is 2. The summed E-state index contributed by atoms with van der Waals surface area (Å²) in [7, 11) is -4.15. The number of para-hydroxylation sites is 1. The molecular formula is C22H18ClFN2O5S. The average Bonchev–Trinajstić information content (AvgIpc) is 2.79. The number of halogens is 2. The molecule has 0 unspecified atom stereocenters. The number of hydrogen-bond acceptors (Lipinski definition) is 5. The molecule has 4 rings (SSSR count). The van der Waals surface area contributed by atoms with Crippen LogP contribution >= 0.6 is 11.6 Å². The van der Waals surface area contributed by atoms with E-state index < -0.39 is 21.7 Å². The summed E-state index contributed by atoms with van der Waals surface area (Å²) in [5.74, 6) is -0.0572. The Bertz CT molecular complexity index is 1280. The van der Waals surface area contributed by atoms with Gasteiger partial charge in [-0.25, -0.2) is 12.8 Å². The van der Waals surface area contributed by atoms with Crippen molar-refractivity contribution < 1.29 is 27.1 Å². The average molecular weight is 477 g/mol. The Morgan fingerprint density at radius 3 is 2.53 bits per heavy atom. The smallest absolute Gasteiger partial charge is 0.262 e. The van der Waals surface area contributed by atoms with Gasteiger partial charge in [0.1, 0.15) is 19.0 Å². The highest BCUT2D eigenvalue weighted by molar-refractivity contribution is 7.92. The van der Waals surface area contributed by atoms with E-state index >= 15 is 0 Å². The normalized spacial score (nSPS) is 12.8. The Morgan fingerprint density at radius 2 is 1.75 bits per heavy atom. The van der Waals surface area contributed by atoms with Crippen molar-refractivity contribution >= 4 is 33.2 Å². The molecule has 1 amide bonds. The lowest BCUT2D eigenvalue weighted by molar-refractivity contribution is 0.0950.